The number of piperazine rings is 1. The van der Waals surface area contributed by atoms with Crippen LogP contribution in [0.3, 0.4) is 0 Å². The van der Waals surface area contributed by atoms with E-state index in [1.807, 2.05) is 24.3 Å². The normalized spacial score (nSPS) is 15.0. The highest BCUT2D eigenvalue weighted by Crippen LogP contribution is 2.22. The Balaban J connectivity index is 1.31. The molecule has 2 heterocycles. The van der Waals surface area contributed by atoms with Gasteiger partial charge in [-0.2, -0.15) is 4.31 Å². The smallest absolute Gasteiger partial charge is 0.326 e. The third-order valence-electron chi connectivity index (χ3n) is 5.57. The maximum absolute atomic E-state index is 13.1. The zero-order valence-corrected chi connectivity index (χ0v) is 19.6. The summed E-state index contributed by atoms with van der Waals surface area (Å²) in [6.07, 6.45) is 0. The van der Waals surface area contributed by atoms with Crippen LogP contribution in [0.25, 0.3) is 10.8 Å². The second-order valence-electron chi connectivity index (χ2n) is 7.68. The number of benzene rings is 2. The van der Waals surface area contributed by atoms with Crippen LogP contribution in [0.1, 0.15) is 5.69 Å². The molecule has 0 aliphatic carbocycles. The van der Waals surface area contributed by atoms with Gasteiger partial charge in [0.1, 0.15) is 6.54 Å². The summed E-state index contributed by atoms with van der Waals surface area (Å²) in [4.78, 5) is 37.5. The summed E-state index contributed by atoms with van der Waals surface area (Å²) in [7, 11) is -3.69. The lowest BCUT2D eigenvalue weighted by molar-refractivity contribution is -0.153. The minimum Gasteiger partial charge on any atom is -0.454 e. The second kappa shape index (κ2) is 9.46. The molecule has 1 aliphatic rings. The van der Waals surface area contributed by atoms with E-state index in [1.165, 1.54) is 13.8 Å². The van der Waals surface area contributed by atoms with Crippen molar-refractivity contribution in [3.63, 3.8) is 0 Å². The Kier molecular flexibility index (Phi) is 6.63. The monoisotopic (exact) mass is 489 g/mol. The summed E-state index contributed by atoms with van der Waals surface area (Å²) in [6.45, 7) is 1.71. The van der Waals surface area contributed by atoms with Crippen LogP contribution in [0.15, 0.2) is 57.5 Å². The molecule has 1 amide bonds. The number of amides is 1. The van der Waals surface area contributed by atoms with Crippen molar-refractivity contribution in [2.75, 3.05) is 32.8 Å². The molecule has 1 aromatic heterocycles. The number of hydrogen-bond donors (Lipinski definition) is 0. The van der Waals surface area contributed by atoms with E-state index in [9.17, 15) is 22.8 Å². The standard InChI is InChI=1S/C22H23N3O6S2/c1-16-15-32-22(28)25(16)13-21(27)31-14-20(26)23-8-10-24(11-9-23)33(29,30)19-7-6-17-4-2-3-5-18(17)12-19/h2-7,12,15H,8-11,13-14H2,1H3. The van der Waals surface area contributed by atoms with Gasteiger partial charge in [0.15, 0.2) is 6.61 Å². The average molecular weight is 490 g/mol. The van der Waals surface area contributed by atoms with Crippen molar-refractivity contribution >= 4 is 44.0 Å². The maximum atomic E-state index is 13.1. The van der Waals surface area contributed by atoms with E-state index in [4.69, 9.17) is 4.74 Å². The van der Waals surface area contributed by atoms with E-state index in [2.05, 4.69) is 0 Å². The van der Waals surface area contributed by atoms with Crippen molar-refractivity contribution in [1.82, 2.24) is 13.8 Å². The number of ether oxygens (including phenoxy) is 1. The molecule has 0 atom stereocenters. The Bertz CT molecular complexity index is 1350. The summed E-state index contributed by atoms with van der Waals surface area (Å²) < 4.78 is 33.8. The molecule has 0 spiro atoms. The van der Waals surface area contributed by atoms with E-state index in [0.717, 1.165) is 22.1 Å². The lowest BCUT2D eigenvalue weighted by Gasteiger charge is -2.33. The van der Waals surface area contributed by atoms with Crippen LogP contribution in [0.4, 0.5) is 0 Å². The predicted octanol–water partition coefficient (Wildman–Crippen LogP) is 1.45. The largest absolute Gasteiger partial charge is 0.454 e. The lowest BCUT2D eigenvalue weighted by Crippen LogP contribution is -2.51. The van der Waals surface area contributed by atoms with Gasteiger partial charge in [-0.25, -0.2) is 8.42 Å². The fourth-order valence-corrected chi connectivity index (χ4v) is 5.85. The van der Waals surface area contributed by atoms with E-state index in [-0.39, 0.29) is 42.5 Å². The minimum absolute atomic E-state index is 0.151. The van der Waals surface area contributed by atoms with Gasteiger partial charge in [-0.15, -0.1) is 0 Å². The number of nitrogens with zero attached hydrogens (tertiary/aromatic N) is 3. The molecule has 0 saturated carbocycles. The van der Waals surface area contributed by atoms with Gasteiger partial charge in [0.2, 0.25) is 10.0 Å². The highest BCUT2D eigenvalue weighted by Gasteiger charge is 2.30. The zero-order chi connectivity index (χ0) is 23.6. The van der Waals surface area contributed by atoms with Crippen LogP contribution in [0, 0.1) is 6.92 Å². The number of thiazole rings is 1. The summed E-state index contributed by atoms with van der Waals surface area (Å²) in [5, 5.41) is 3.45. The first-order valence-electron chi connectivity index (χ1n) is 10.3. The third kappa shape index (κ3) is 5.00. The molecule has 1 fully saturated rings. The molecule has 4 rings (SSSR count). The molecule has 0 N–H and O–H groups in total. The van der Waals surface area contributed by atoms with Gasteiger partial charge in [-0.05, 0) is 29.8 Å². The fourth-order valence-electron chi connectivity index (χ4n) is 3.66. The Morgan fingerprint density at radius 2 is 1.73 bits per heavy atom. The molecule has 174 valence electrons. The maximum Gasteiger partial charge on any atom is 0.326 e. The van der Waals surface area contributed by atoms with E-state index in [0.29, 0.717) is 5.69 Å². The van der Waals surface area contributed by atoms with Gasteiger partial charge < -0.3 is 9.64 Å². The zero-order valence-electron chi connectivity index (χ0n) is 18.0. The van der Waals surface area contributed by atoms with Gasteiger partial charge in [0.05, 0.1) is 4.90 Å². The van der Waals surface area contributed by atoms with E-state index < -0.39 is 28.5 Å². The quantitative estimate of drug-likeness (QED) is 0.485. The van der Waals surface area contributed by atoms with E-state index >= 15 is 0 Å². The molecule has 1 saturated heterocycles. The number of carbonyl (C=O) groups is 2. The first-order valence-corrected chi connectivity index (χ1v) is 12.6. The van der Waals surface area contributed by atoms with Crippen molar-refractivity contribution in [1.29, 1.82) is 0 Å². The SMILES string of the molecule is Cc1csc(=O)n1CC(=O)OCC(=O)N1CCN(S(=O)(=O)c2ccc3ccccc3c2)CC1. The van der Waals surface area contributed by atoms with Crippen molar-refractivity contribution in [2.45, 2.75) is 18.4 Å². The number of esters is 1. The number of carbonyl (C=O) groups excluding carboxylic acids is 2. The number of fused-ring (bicyclic) bond motifs is 1. The van der Waals surface area contributed by atoms with Gasteiger partial charge in [0.25, 0.3) is 5.91 Å². The van der Waals surface area contributed by atoms with Crippen molar-refractivity contribution in [3.05, 3.63) is 63.2 Å². The van der Waals surface area contributed by atoms with Crippen molar-refractivity contribution in [2.24, 2.45) is 0 Å². The van der Waals surface area contributed by atoms with Crippen LogP contribution in [0.5, 0.6) is 0 Å². The van der Waals surface area contributed by atoms with Gasteiger partial charge in [-0.3, -0.25) is 19.0 Å². The Labute approximate surface area is 194 Å². The van der Waals surface area contributed by atoms with Gasteiger partial charge >= 0.3 is 10.8 Å². The number of rotatable bonds is 6. The van der Waals surface area contributed by atoms with Gasteiger partial charge in [0, 0.05) is 37.3 Å². The molecule has 33 heavy (non-hydrogen) atoms. The van der Waals surface area contributed by atoms with Crippen molar-refractivity contribution in [3.8, 4) is 0 Å². The van der Waals surface area contributed by atoms with Crippen LogP contribution in [-0.4, -0.2) is 66.9 Å². The van der Waals surface area contributed by atoms with Gasteiger partial charge in [-0.1, -0.05) is 41.7 Å². The molecule has 11 heteroatoms. The molecular formula is C22H23N3O6S2. The molecular weight excluding hydrogens is 466 g/mol. The number of aryl methyl sites for hydroxylation is 1. The lowest BCUT2D eigenvalue weighted by atomic mass is 10.1. The molecule has 0 bridgehead atoms. The Hall–Kier alpha value is -3.02. The highest BCUT2D eigenvalue weighted by atomic mass is 32.2. The minimum atomic E-state index is -3.69. The Morgan fingerprint density at radius 1 is 1.03 bits per heavy atom. The predicted molar refractivity (Wildman–Crippen MR) is 124 cm³/mol. The van der Waals surface area contributed by atoms with Crippen LogP contribution < -0.4 is 4.87 Å². The fraction of sp³-hybridized carbons (Fsp3) is 0.318. The summed E-state index contributed by atoms with van der Waals surface area (Å²) in [5.74, 6) is -1.08. The topological polar surface area (TPSA) is 106 Å². The van der Waals surface area contributed by atoms with Crippen LogP contribution in [0.2, 0.25) is 0 Å². The Morgan fingerprint density at radius 3 is 2.39 bits per heavy atom. The summed E-state index contributed by atoms with van der Waals surface area (Å²) >= 11 is 0.992. The molecule has 0 radical (unpaired) electrons. The van der Waals surface area contributed by atoms with E-state index in [1.54, 1.807) is 30.5 Å². The molecule has 3 aromatic rings. The van der Waals surface area contributed by atoms with Crippen LogP contribution in [-0.2, 0) is 30.9 Å². The number of aromatic nitrogens is 1. The number of hydrogen-bond acceptors (Lipinski definition) is 7. The van der Waals surface area contributed by atoms with Crippen LogP contribution >= 0.6 is 11.3 Å². The number of sulfonamides is 1. The molecule has 1 aliphatic heterocycles. The first kappa shape index (κ1) is 23.1. The summed E-state index contributed by atoms with van der Waals surface area (Å²) in [6, 6.07) is 12.6. The summed E-state index contributed by atoms with van der Waals surface area (Å²) in [5.41, 5.74) is 0.650. The van der Waals surface area contributed by atoms with Crippen molar-refractivity contribution < 1.29 is 22.7 Å². The molecule has 9 nitrogen and oxygen atoms in total. The molecule has 0 unspecified atom stereocenters. The highest BCUT2D eigenvalue weighted by molar-refractivity contribution is 7.89. The third-order valence-corrected chi connectivity index (χ3v) is 8.35. The first-order chi connectivity index (χ1) is 15.8. The second-order valence-corrected chi connectivity index (χ2v) is 10.4. The average Bonchev–Trinajstić information content (AvgIpc) is 3.14. The molecule has 2 aromatic carbocycles.